The van der Waals surface area contributed by atoms with Gasteiger partial charge in [-0.3, -0.25) is 4.79 Å². The molecular weight excluding hydrogens is 258 g/mol. The zero-order valence-electron chi connectivity index (χ0n) is 12.4. The minimum atomic E-state index is -0.804. The van der Waals surface area contributed by atoms with Gasteiger partial charge in [-0.15, -0.1) is 0 Å². The summed E-state index contributed by atoms with van der Waals surface area (Å²) in [5.74, 6) is -0.449. The molecule has 0 fully saturated rings. The van der Waals surface area contributed by atoms with Crippen LogP contribution >= 0.6 is 12.6 Å². The Labute approximate surface area is 124 Å². The van der Waals surface area contributed by atoms with E-state index in [9.17, 15) is 4.79 Å². The predicted octanol–water partition coefficient (Wildman–Crippen LogP) is 3.88. The van der Waals surface area contributed by atoms with Gasteiger partial charge in [-0.1, -0.05) is 64.7 Å². The van der Waals surface area contributed by atoms with Crippen molar-refractivity contribution in [3.05, 3.63) is 0 Å². The van der Waals surface area contributed by atoms with Crippen molar-refractivity contribution in [2.24, 2.45) is 0 Å². The lowest BCUT2D eigenvalue weighted by molar-refractivity contribution is -0.138. The number of nitrogens with one attached hydrogen (secondary N) is 1. The van der Waals surface area contributed by atoms with Crippen LogP contribution in [0.5, 0.6) is 0 Å². The number of hydrogen-bond donors (Lipinski definition) is 3. The SMILES string of the molecule is CCCCCCCCCCCCNC(CS)C(=O)O. The molecule has 0 rings (SSSR count). The first-order chi connectivity index (χ1) is 9.22. The Bertz CT molecular complexity index is 212. The Morgan fingerprint density at radius 2 is 1.47 bits per heavy atom. The van der Waals surface area contributed by atoms with Crippen molar-refractivity contribution in [1.29, 1.82) is 0 Å². The highest BCUT2D eigenvalue weighted by Gasteiger charge is 2.13. The maximum atomic E-state index is 10.7. The topological polar surface area (TPSA) is 49.3 Å². The molecule has 4 heteroatoms. The van der Waals surface area contributed by atoms with Crippen molar-refractivity contribution in [2.75, 3.05) is 12.3 Å². The molecule has 0 spiro atoms. The molecule has 0 bridgehead atoms. The van der Waals surface area contributed by atoms with Gasteiger partial charge in [-0.2, -0.15) is 12.6 Å². The average molecular weight is 289 g/mol. The molecule has 0 aromatic heterocycles. The van der Waals surface area contributed by atoms with Crippen LogP contribution in [0.3, 0.4) is 0 Å². The normalized spacial score (nSPS) is 12.5. The summed E-state index contributed by atoms with van der Waals surface area (Å²) in [4.78, 5) is 10.7. The summed E-state index contributed by atoms with van der Waals surface area (Å²) in [5.41, 5.74) is 0. The third-order valence-corrected chi connectivity index (χ3v) is 3.77. The smallest absolute Gasteiger partial charge is 0.321 e. The number of rotatable bonds is 14. The molecule has 0 aliphatic rings. The fraction of sp³-hybridized carbons (Fsp3) is 0.933. The van der Waals surface area contributed by atoms with Gasteiger partial charge in [-0.25, -0.2) is 0 Å². The number of hydrogen-bond acceptors (Lipinski definition) is 3. The van der Waals surface area contributed by atoms with Gasteiger partial charge in [0.05, 0.1) is 0 Å². The Balaban J connectivity index is 3.16. The highest BCUT2D eigenvalue weighted by molar-refractivity contribution is 7.80. The third-order valence-electron chi connectivity index (χ3n) is 3.40. The summed E-state index contributed by atoms with van der Waals surface area (Å²) in [7, 11) is 0. The molecule has 1 atom stereocenters. The Kier molecular flexibility index (Phi) is 14.0. The van der Waals surface area contributed by atoms with Gasteiger partial charge in [0.25, 0.3) is 0 Å². The van der Waals surface area contributed by atoms with E-state index in [1.165, 1.54) is 57.8 Å². The lowest BCUT2D eigenvalue weighted by Gasteiger charge is -2.11. The van der Waals surface area contributed by atoms with Crippen molar-refractivity contribution in [2.45, 2.75) is 77.2 Å². The van der Waals surface area contributed by atoms with E-state index in [1.54, 1.807) is 0 Å². The molecule has 0 aliphatic carbocycles. The second-order valence-electron chi connectivity index (χ2n) is 5.21. The van der Waals surface area contributed by atoms with Gasteiger partial charge in [-0.05, 0) is 13.0 Å². The molecule has 0 saturated carbocycles. The molecule has 114 valence electrons. The van der Waals surface area contributed by atoms with Crippen LogP contribution in [-0.4, -0.2) is 29.4 Å². The summed E-state index contributed by atoms with van der Waals surface area (Å²) < 4.78 is 0. The van der Waals surface area contributed by atoms with E-state index in [-0.39, 0.29) is 0 Å². The predicted molar refractivity (Wildman–Crippen MR) is 85.1 cm³/mol. The summed E-state index contributed by atoms with van der Waals surface area (Å²) in [6.45, 7) is 3.03. The maximum Gasteiger partial charge on any atom is 0.321 e. The van der Waals surface area contributed by atoms with E-state index in [4.69, 9.17) is 5.11 Å². The molecule has 3 nitrogen and oxygen atoms in total. The Hall–Kier alpha value is -0.220. The highest BCUT2D eigenvalue weighted by atomic mass is 32.1. The number of aliphatic carboxylic acids is 1. The van der Waals surface area contributed by atoms with Crippen LogP contribution in [-0.2, 0) is 4.79 Å². The average Bonchev–Trinajstić information content (AvgIpc) is 2.40. The minimum absolute atomic E-state index is 0.354. The van der Waals surface area contributed by atoms with Crippen LogP contribution in [0.4, 0.5) is 0 Å². The quantitative estimate of drug-likeness (QED) is 0.336. The number of carboxylic acids is 1. The summed E-state index contributed by atoms with van der Waals surface area (Å²) in [6, 6.07) is -0.498. The van der Waals surface area contributed by atoms with E-state index in [0.29, 0.717) is 5.75 Å². The Morgan fingerprint density at radius 1 is 1.00 bits per heavy atom. The van der Waals surface area contributed by atoms with Crippen LogP contribution in [0.15, 0.2) is 0 Å². The zero-order valence-corrected chi connectivity index (χ0v) is 13.3. The molecular formula is C15H31NO2S. The molecule has 0 saturated heterocycles. The van der Waals surface area contributed by atoms with E-state index in [2.05, 4.69) is 24.9 Å². The molecule has 0 radical (unpaired) electrons. The fourth-order valence-corrected chi connectivity index (χ4v) is 2.40. The summed E-state index contributed by atoms with van der Waals surface area (Å²) in [5, 5.41) is 11.8. The van der Waals surface area contributed by atoms with E-state index >= 15 is 0 Å². The number of thiol groups is 1. The second-order valence-corrected chi connectivity index (χ2v) is 5.57. The molecule has 2 N–H and O–H groups in total. The molecule has 0 heterocycles. The van der Waals surface area contributed by atoms with Gasteiger partial charge in [0.2, 0.25) is 0 Å². The van der Waals surface area contributed by atoms with Gasteiger partial charge in [0, 0.05) is 5.75 Å². The molecule has 0 aromatic carbocycles. The van der Waals surface area contributed by atoms with Crippen LogP contribution < -0.4 is 5.32 Å². The van der Waals surface area contributed by atoms with E-state index < -0.39 is 12.0 Å². The van der Waals surface area contributed by atoms with Crippen LogP contribution in [0.1, 0.15) is 71.1 Å². The molecule has 0 aromatic rings. The van der Waals surface area contributed by atoms with Crippen LogP contribution in [0.25, 0.3) is 0 Å². The van der Waals surface area contributed by atoms with E-state index in [1.807, 2.05) is 0 Å². The lowest BCUT2D eigenvalue weighted by Crippen LogP contribution is -2.38. The van der Waals surface area contributed by atoms with Gasteiger partial charge in [0.1, 0.15) is 6.04 Å². The van der Waals surface area contributed by atoms with Crippen molar-refractivity contribution in [3.63, 3.8) is 0 Å². The van der Waals surface area contributed by atoms with Crippen molar-refractivity contribution in [3.8, 4) is 0 Å². The monoisotopic (exact) mass is 289 g/mol. The van der Waals surface area contributed by atoms with E-state index in [0.717, 1.165) is 13.0 Å². The molecule has 19 heavy (non-hydrogen) atoms. The van der Waals surface area contributed by atoms with Crippen molar-refractivity contribution in [1.82, 2.24) is 5.32 Å². The van der Waals surface area contributed by atoms with Crippen molar-refractivity contribution >= 4 is 18.6 Å². The first-order valence-corrected chi connectivity index (χ1v) is 8.42. The number of carboxylic acid groups (broad SMARTS) is 1. The standard InChI is InChI=1S/C15H31NO2S/c1-2-3-4-5-6-7-8-9-10-11-12-16-14(13-19)15(17)18/h14,16,19H,2-13H2,1H3,(H,17,18). The van der Waals surface area contributed by atoms with Gasteiger partial charge >= 0.3 is 5.97 Å². The maximum absolute atomic E-state index is 10.7. The second kappa shape index (κ2) is 14.2. The molecule has 0 aliphatic heterocycles. The Morgan fingerprint density at radius 3 is 1.89 bits per heavy atom. The highest BCUT2D eigenvalue weighted by Crippen LogP contribution is 2.10. The molecule has 1 unspecified atom stereocenters. The first kappa shape index (κ1) is 18.8. The summed E-state index contributed by atoms with van der Waals surface area (Å²) in [6.07, 6.45) is 13.0. The van der Waals surface area contributed by atoms with Gasteiger partial charge in [0.15, 0.2) is 0 Å². The van der Waals surface area contributed by atoms with Crippen molar-refractivity contribution < 1.29 is 9.90 Å². The number of unbranched alkanes of at least 4 members (excludes halogenated alkanes) is 9. The van der Waals surface area contributed by atoms with Gasteiger partial charge < -0.3 is 10.4 Å². The minimum Gasteiger partial charge on any atom is -0.480 e. The lowest BCUT2D eigenvalue weighted by atomic mass is 10.1. The first-order valence-electron chi connectivity index (χ1n) is 7.79. The van der Waals surface area contributed by atoms with Crippen LogP contribution in [0, 0.1) is 0 Å². The fourth-order valence-electron chi connectivity index (χ4n) is 2.12. The zero-order chi connectivity index (χ0) is 14.3. The third kappa shape index (κ3) is 12.6. The number of carbonyl (C=O) groups is 1. The summed E-state index contributed by atoms with van der Waals surface area (Å²) >= 11 is 4.02. The molecule has 0 amide bonds. The largest absolute Gasteiger partial charge is 0.480 e. The van der Waals surface area contributed by atoms with Crippen LogP contribution in [0.2, 0.25) is 0 Å².